The molecule has 0 aliphatic rings. The minimum atomic E-state index is -2.71. The van der Waals surface area contributed by atoms with E-state index in [1.807, 2.05) is 6.92 Å². The fourth-order valence-corrected chi connectivity index (χ4v) is 1.55. The molecule has 4 heteroatoms. The normalized spacial score (nSPS) is 11.9. The first-order valence-electron chi connectivity index (χ1n) is 5.37. The molecule has 0 spiro atoms. The molecule has 2 nitrogen and oxygen atoms in total. The molecule has 0 aromatic carbocycles. The number of alkyl halides is 2. The van der Waals surface area contributed by atoms with Crippen LogP contribution < -0.4 is 5.32 Å². The second kappa shape index (κ2) is 4.76. The highest BCUT2D eigenvalue weighted by Crippen LogP contribution is 2.24. The Kier molecular flexibility index (Phi) is 3.83. The van der Waals surface area contributed by atoms with Crippen LogP contribution in [0.5, 0.6) is 0 Å². The maximum Gasteiger partial charge on any atom is 0.262 e. The van der Waals surface area contributed by atoms with Crippen molar-refractivity contribution in [3.8, 4) is 0 Å². The second-order valence-electron chi connectivity index (χ2n) is 4.48. The Bertz CT molecular complexity index is 357. The molecule has 1 aromatic rings. The van der Waals surface area contributed by atoms with Crippen molar-refractivity contribution >= 4 is 5.69 Å². The van der Waals surface area contributed by atoms with Crippen molar-refractivity contribution in [2.75, 3.05) is 11.9 Å². The number of anilines is 1. The van der Waals surface area contributed by atoms with Gasteiger partial charge in [0.05, 0.1) is 18.4 Å². The summed E-state index contributed by atoms with van der Waals surface area (Å²) in [6.07, 6.45) is 3.38. The zero-order valence-electron chi connectivity index (χ0n) is 10.1. The molecule has 0 aliphatic carbocycles. The lowest BCUT2D eigenvalue weighted by molar-refractivity contribution is 0.0367. The van der Waals surface area contributed by atoms with Gasteiger partial charge in [0.15, 0.2) is 0 Å². The predicted molar refractivity (Wildman–Crippen MR) is 62.2 cm³/mol. The van der Waals surface area contributed by atoms with Gasteiger partial charge in [0, 0.05) is 13.1 Å². The van der Waals surface area contributed by atoms with E-state index in [0.29, 0.717) is 11.6 Å². The van der Waals surface area contributed by atoms with Gasteiger partial charge in [-0.1, -0.05) is 13.8 Å². The van der Waals surface area contributed by atoms with Crippen molar-refractivity contribution < 1.29 is 8.78 Å². The molecule has 0 fully saturated rings. The highest BCUT2D eigenvalue weighted by atomic mass is 19.3. The molecule has 0 atom stereocenters. The number of halogens is 2. The van der Waals surface area contributed by atoms with Gasteiger partial charge in [-0.15, -0.1) is 0 Å². The van der Waals surface area contributed by atoms with E-state index in [0.717, 1.165) is 18.1 Å². The number of aromatic nitrogens is 1. The Morgan fingerprint density at radius 3 is 2.50 bits per heavy atom. The highest BCUT2D eigenvalue weighted by molar-refractivity contribution is 5.52. The summed E-state index contributed by atoms with van der Waals surface area (Å²) < 4.78 is 25.4. The Balaban J connectivity index is 2.85. The Labute approximate surface area is 95.1 Å². The van der Waals surface area contributed by atoms with Crippen LogP contribution in [-0.2, 0) is 0 Å². The molecule has 1 aromatic heterocycles. The van der Waals surface area contributed by atoms with Crippen LogP contribution >= 0.6 is 0 Å². The molecule has 0 saturated heterocycles. The van der Waals surface area contributed by atoms with E-state index in [-0.39, 0.29) is 6.54 Å². The number of hydrogen-bond donors (Lipinski definition) is 1. The molecular weight excluding hydrogens is 210 g/mol. The smallest absolute Gasteiger partial charge is 0.262 e. The van der Waals surface area contributed by atoms with Crippen molar-refractivity contribution in [2.45, 2.75) is 39.5 Å². The molecule has 0 saturated carbocycles. The van der Waals surface area contributed by atoms with Gasteiger partial charge < -0.3 is 5.32 Å². The molecule has 90 valence electrons. The maximum atomic E-state index is 12.7. The summed E-state index contributed by atoms with van der Waals surface area (Å²) in [6, 6.07) is 0. The van der Waals surface area contributed by atoms with Crippen LogP contribution in [0.1, 0.15) is 37.8 Å². The fourth-order valence-electron chi connectivity index (χ4n) is 1.55. The minimum absolute atomic E-state index is 0.344. The average Bonchev–Trinajstić information content (AvgIpc) is 2.14. The maximum absolute atomic E-state index is 12.7. The third kappa shape index (κ3) is 3.43. The zero-order valence-corrected chi connectivity index (χ0v) is 10.1. The Morgan fingerprint density at radius 1 is 1.38 bits per heavy atom. The van der Waals surface area contributed by atoms with Gasteiger partial charge >= 0.3 is 0 Å². The first-order valence-corrected chi connectivity index (χ1v) is 5.37. The van der Waals surface area contributed by atoms with Crippen molar-refractivity contribution in [1.82, 2.24) is 4.98 Å². The van der Waals surface area contributed by atoms with E-state index in [4.69, 9.17) is 0 Å². The number of pyridine rings is 1. The van der Waals surface area contributed by atoms with E-state index >= 15 is 0 Å². The van der Waals surface area contributed by atoms with Crippen molar-refractivity contribution in [3.63, 3.8) is 0 Å². The quantitative estimate of drug-likeness (QED) is 0.852. The van der Waals surface area contributed by atoms with Gasteiger partial charge in [-0.05, 0) is 24.0 Å². The largest absolute Gasteiger partial charge is 0.378 e. The van der Waals surface area contributed by atoms with E-state index in [2.05, 4.69) is 24.1 Å². The zero-order chi connectivity index (χ0) is 12.3. The molecule has 1 heterocycles. The Hall–Kier alpha value is -1.19. The van der Waals surface area contributed by atoms with E-state index in [1.54, 1.807) is 12.4 Å². The van der Waals surface area contributed by atoms with E-state index in [1.165, 1.54) is 0 Å². The molecule has 0 amide bonds. The van der Waals surface area contributed by atoms with Crippen LogP contribution in [0.4, 0.5) is 14.5 Å². The Morgan fingerprint density at radius 2 is 2.00 bits per heavy atom. The highest BCUT2D eigenvalue weighted by Gasteiger charge is 2.21. The van der Waals surface area contributed by atoms with Gasteiger partial charge in [0.25, 0.3) is 5.92 Å². The SMILES string of the molecule is Cc1c(NCC(C)(F)F)cncc1C(C)C. The third-order valence-corrected chi connectivity index (χ3v) is 2.47. The molecule has 1 rings (SSSR count). The number of hydrogen-bond acceptors (Lipinski definition) is 2. The van der Waals surface area contributed by atoms with Gasteiger partial charge in [0.2, 0.25) is 0 Å². The van der Waals surface area contributed by atoms with Crippen LogP contribution in [0.2, 0.25) is 0 Å². The summed E-state index contributed by atoms with van der Waals surface area (Å²) in [5.41, 5.74) is 2.77. The fraction of sp³-hybridized carbons (Fsp3) is 0.583. The lowest BCUT2D eigenvalue weighted by Gasteiger charge is -2.17. The molecule has 1 N–H and O–H groups in total. The first kappa shape index (κ1) is 12.9. The standard InChI is InChI=1S/C12H18F2N2/c1-8(2)10-5-15-6-11(9(10)3)16-7-12(4,13)14/h5-6,8,16H,7H2,1-4H3. The summed E-state index contributed by atoms with van der Waals surface area (Å²) in [7, 11) is 0. The molecule has 0 unspecified atom stereocenters. The van der Waals surface area contributed by atoms with E-state index < -0.39 is 5.92 Å². The van der Waals surface area contributed by atoms with Crippen molar-refractivity contribution in [1.29, 1.82) is 0 Å². The van der Waals surface area contributed by atoms with Gasteiger partial charge in [-0.2, -0.15) is 0 Å². The summed E-state index contributed by atoms with van der Waals surface area (Å²) in [5, 5.41) is 2.74. The molecule has 0 aliphatic heterocycles. The summed E-state index contributed by atoms with van der Waals surface area (Å²) in [6.45, 7) is 6.57. The average molecular weight is 228 g/mol. The van der Waals surface area contributed by atoms with Crippen LogP contribution in [0.15, 0.2) is 12.4 Å². The topological polar surface area (TPSA) is 24.9 Å². The van der Waals surface area contributed by atoms with E-state index in [9.17, 15) is 8.78 Å². The van der Waals surface area contributed by atoms with Gasteiger partial charge in [-0.25, -0.2) is 8.78 Å². The second-order valence-corrected chi connectivity index (χ2v) is 4.48. The number of rotatable bonds is 4. The monoisotopic (exact) mass is 228 g/mol. The molecule has 0 bridgehead atoms. The number of nitrogens with zero attached hydrogens (tertiary/aromatic N) is 1. The third-order valence-electron chi connectivity index (χ3n) is 2.47. The lowest BCUT2D eigenvalue weighted by Crippen LogP contribution is -2.23. The predicted octanol–water partition coefficient (Wildman–Crippen LogP) is 3.58. The molecule has 0 radical (unpaired) electrons. The first-order chi connectivity index (χ1) is 7.31. The number of nitrogens with one attached hydrogen (secondary N) is 1. The minimum Gasteiger partial charge on any atom is -0.378 e. The van der Waals surface area contributed by atoms with Crippen LogP contribution in [0.25, 0.3) is 0 Å². The summed E-state index contributed by atoms with van der Waals surface area (Å²) in [4.78, 5) is 4.06. The molecular formula is C12H18F2N2. The van der Waals surface area contributed by atoms with Crippen LogP contribution in [0.3, 0.4) is 0 Å². The summed E-state index contributed by atoms with van der Waals surface area (Å²) in [5.74, 6) is -2.36. The molecule has 16 heavy (non-hydrogen) atoms. The summed E-state index contributed by atoms with van der Waals surface area (Å²) >= 11 is 0. The van der Waals surface area contributed by atoms with Crippen LogP contribution in [0, 0.1) is 6.92 Å². The van der Waals surface area contributed by atoms with Crippen molar-refractivity contribution in [3.05, 3.63) is 23.5 Å². The van der Waals surface area contributed by atoms with Gasteiger partial charge in [0.1, 0.15) is 0 Å². The van der Waals surface area contributed by atoms with Gasteiger partial charge in [-0.3, -0.25) is 4.98 Å². The van der Waals surface area contributed by atoms with Crippen LogP contribution in [-0.4, -0.2) is 17.5 Å². The van der Waals surface area contributed by atoms with Crippen molar-refractivity contribution in [2.24, 2.45) is 0 Å². The lowest BCUT2D eigenvalue weighted by atomic mass is 9.99.